The van der Waals surface area contributed by atoms with E-state index in [2.05, 4.69) is 17.0 Å². The minimum atomic E-state index is -0.618. The number of hydrogen-bond acceptors (Lipinski definition) is 6. The number of rotatable bonds is 6. The summed E-state index contributed by atoms with van der Waals surface area (Å²) in [6.45, 7) is 2.37. The van der Waals surface area contributed by atoms with Crippen molar-refractivity contribution in [3.63, 3.8) is 0 Å². The molecule has 1 fully saturated rings. The van der Waals surface area contributed by atoms with Gasteiger partial charge >= 0.3 is 5.97 Å². The van der Waals surface area contributed by atoms with E-state index in [1.807, 2.05) is 18.2 Å². The van der Waals surface area contributed by atoms with Crippen LogP contribution in [0.4, 0.5) is 5.69 Å². The van der Waals surface area contributed by atoms with Gasteiger partial charge in [-0.05, 0) is 24.3 Å². The fraction of sp³-hybridized carbons (Fsp3) is 0.333. The maximum atomic E-state index is 12.4. The average molecular weight is 384 g/mol. The molecule has 7 heteroatoms. The lowest BCUT2D eigenvalue weighted by Gasteiger charge is -2.36. The summed E-state index contributed by atoms with van der Waals surface area (Å²) < 4.78 is 15.6. The second-order valence-corrected chi connectivity index (χ2v) is 6.32. The van der Waals surface area contributed by atoms with Crippen molar-refractivity contribution in [3.8, 4) is 11.5 Å². The van der Waals surface area contributed by atoms with E-state index in [-0.39, 0.29) is 18.1 Å². The molecule has 148 valence electrons. The summed E-state index contributed by atoms with van der Waals surface area (Å²) in [5, 5.41) is 0. The summed E-state index contributed by atoms with van der Waals surface area (Å²) in [5.74, 6) is -0.103. The number of piperazine rings is 1. The molecule has 0 bridgehead atoms. The molecule has 1 aliphatic heterocycles. The molecular formula is C21H24N2O5. The number of carbonyl (C=O) groups excluding carboxylic acids is 2. The Labute approximate surface area is 164 Å². The van der Waals surface area contributed by atoms with Gasteiger partial charge in [0.1, 0.15) is 5.56 Å². The number of carbonyl (C=O) groups is 2. The van der Waals surface area contributed by atoms with Gasteiger partial charge in [0, 0.05) is 31.9 Å². The van der Waals surface area contributed by atoms with Gasteiger partial charge in [-0.1, -0.05) is 24.3 Å². The Morgan fingerprint density at radius 1 is 0.893 bits per heavy atom. The van der Waals surface area contributed by atoms with Gasteiger partial charge in [0.2, 0.25) is 0 Å². The molecule has 2 aromatic rings. The van der Waals surface area contributed by atoms with Gasteiger partial charge in [0.05, 0.1) is 14.2 Å². The zero-order valence-electron chi connectivity index (χ0n) is 16.1. The Balaban J connectivity index is 1.53. The Morgan fingerprint density at radius 3 is 2.25 bits per heavy atom. The number of ether oxygens (including phenoxy) is 3. The van der Waals surface area contributed by atoms with E-state index in [9.17, 15) is 9.59 Å². The smallest absolute Gasteiger partial charge is 0.342 e. The summed E-state index contributed by atoms with van der Waals surface area (Å²) in [5.41, 5.74) is 1.37. The predicted octanol–water partition coefficient (Wildman–Crippen LogP) is 2.21. The van der Waals surface area contributed by atoms with Crippen molar-refractivity contribution in [2.75, 3.05) is 51.9 Å². The van der Waals surface area contributed by atoms with E-state index >= 15 is 0 Å². The van der Waals surface area contributed by atoms with Gasteiger partial charge in [0.15, 0.2) is 18.1 Å². The molecule has 0 atom stereocenters. The monoisotopic (exact) mass is 384 g/mol. The van der Waals surface area contributed by atoms with E-state index in [0.717, 1.165) is 18.8 Å². The van der Waals surface area contributed by atoms with Crippen LogP contribution < -0.4 is 14.4 Å². The van der Waals surface area contributed by atoms with Crippen molar-refractivity contribution >= 4 is 17.6 Å². The molecule has 28 heavy (non-hydrogen) atoms. The van der Waals surface area contributed by atoms with Crippen LogP contribution in [0.15, 0.2) is 48.5 Å². The van der Waals surface area contributed by atoms with E-state index in [1.165, 1.54) is 14.2 Å². The average Bonchev–Trinajstić information content (AvgIpc) is 2.77. The molecule has 7 nitrogen and oxygen atoms in total. The Morgan fingerprint density at radius 2 is 1.61 bits per heavy atom. The third-order valence-corrected chi connectivity index (χ3v) is 4.70. The minimum Gasteiger partial charge on any atom is -0.493 e. The van der Waals surface area contributed by atoms with Gasteiger partial charge in [-0.25, -0.2) is 4.79 Å². The standard InChI is InChI=1S/C21H24N2O5/c1-26-18-10-6-9-17(20(18)27-2)21(25)28-15-19(24)23-13-11-22(12-14-23)16-7-4-3-5-8-16/h3-10H,11-15H2,1-2H3. The van der Waals surface area contributed by atoms with Crippen LogP contribution in [0.25, 0.3) is 0 Å². The molecule has 0 unspecified atom stereocenters. The highest BCUT2D eigenvalue weighted by Gasteiger charge is 2.23. The second-order valence-electron chi connectivity index (χ2n) is 6.32. The Kier molecular flexibility index (Phi) is 6.37. The van der Waals surface area contributed by atoms with Crippen molar-refractivity contribution in [1.29, 1.82) is 0 Å². The molecule has 1 heterocycles. The zero-order valence-corrected chi connectivity index (χ0v) is 16.1. The summed E-state index contributed by atoms with van der Waals surface area (Å²) >= 11 is 0. The highest BCUT2D eigenvalue weighted by Crippen LogP contribution is 2.31. The van der Waals surface area contributed by atoms with Crippen LogP contribution in [0.5, 0.6) is 11.5 Å². The minimum absolute atomic E-state index is 0.206. The summed E-state index contributed by atoms with van der Waals surface area (Å²) in [4.78, 5) is 28.8. The molecular weight excluding hydrogens is 360 g/mol. The molecule has 0 N–H and O–H groups in total. The van der Waals surface area contributed by atoms with Crippen molar-refractivity contribution in [2.45, 2.75) is 0 Å². The lowest BCUT2D eigenvalue weighted by atomic mass is 10.2. The lowest BCUT2D eigenvalue weighted by Crippen LogP contribution is -2.49. The van der Waals surface area contributed by atoms with Crippen molar-refractivity contribution < 1.29 is 23.8 Å². The molecule has 1 aliphatic rings. The molecule has 0 spiro atoms. The van der Waals surface area contributed by atoms with Crippen LogP contribution in [-0.4, -0.2) is 63.8 Å². The summed E-state index contributed by atoms with van der Waals surface area (Å²) in [6.07, 6.45) is 0. The first-order valence-electron chi connectivity index (χ1n) is 9.10. The van der Waals surface area contributed by atoms with Crippen LogP contribution in [-0.2, 0) is 9.53 Å². The Bertz CT molecular complexity index is 817. The first kappa shape index (κ1) is 19.5. The normalized spacial score (nSPS) is 13.8. The van der Waals surface area contributed by atoms with Crippen LogP contribution in [0, 0.1) is 0 Å². The fourth-order valence-electron chi connectivity index (χ4n) is 3.20. The quantitative estimate of drug-likeness (QED) is 0.712. The lowest BCUT2D eigenvalue weighted by molar-refractivity contribution is -0.134. The van der Waals surface area contributed by atoms with Gasteiger partial charge in [-0.2, -0.15) is 0 Å². The fourth-order valence-corrected chi connectivity index (χ4v) is 3.20. The van der Waals surface area contributed by atoms with Crippen molar-refractivity contribution in [1.82, 2.24) is 4.90 Å². The number of hydrogen-bond donors (Lipinski definition) is 0. The number of benzene rings is 2. The topological polar surface area (TPSA) is 68.3 Å². The second kappa shape index (κ2) is 9.12. The number of anilines is 1. The molecule has 1 saturated heterocycles. The van der Waals surface area contributed by atoms with Crippen molar-refractivity contribution in [3.05, 3.63) is 54.1 Å². The third-order valence-electron chi connectivity index (χ3n) is 4.70. The highest BCUT2D eigenvalue weighted by atomic mass is 16.5. The van der Waals surface area contributed by atoms with Gasteiger partial charge in [-0.3, -0.25) is 4.79 Å². The molecule has 1 amide bonds. The number of nitrogens with zero attached hydrogens (tertiary/aromatic N) is 2. The van der Waals surface area contributed by atoms with Gasteiger partial charge < -0.3 is 24.0 Å². The highest BCUT2D eigenvalue weighted by molar-refractivity contribution is 5.95. The maximum Gasteiger partial charge on any atom is 0.342 e. The zero-order chi connectivity index (χ0) is 19.9. The van der Waals surface area contributed by atoms with Crippen LogP contribution in [0.1, 0.15) is 10.4 Å². The molecule has 0 aliphatic carbocycles. The van der Waals surface area contributed by atoms with Crippen LogP contribution >= 0.6 is 0 Å². The van der Waals surface area contributed by atoms with E-state index < -0.39 is 5.97 Å². The molecule has 0 radical (unpaired) electrons. The predicted molar refractivity (Wildman–Crippen MR) is 105 cm³/mol. The Hall–Kier alpha value is -3.22. The molecule has 0 aromatic heterocycles. The van der Waals surface area contributed by atoms with E-state index in [1.54, 1.807) is 23.1 Å². The number of esters is 1. The first-order chi connectivity index (χ1) is 13.6. The van der Waals surface area contributed by atoms with Crippen LogP contribution in [0.2, 0.25) is 0 Å². The first-order valence-corrected chi connectivity index (χ1v) is 9.10. The number of para-hydroxylation sites is 2. The largest absolute Gasteiger partial charge is 0.493 e. The molecule has 2 aromatic carbocycles. The third kappa shape index (κ3) is 4.36. The molecule has 0 saturated carbocycles. The SMILES string of the molecule is COc1cccc(C(=O)OCC(=O)N2CCN(c3ccccc3)CC2)c1OC. The molecule has 3 rings (SSSR count). The number of methoxy groups -OCH3 is 2. The summed E-state index contributed by atoms with van der Waals surface area (Å²) in [7, 11) is 2.94. The van der Waals surface area contributed by atoms with Crippen molar-refractivity contribution in [2.24, 2.45) is 0 Å². The van der Waals surface area contributed by atoms with E-state index in [0.29, 0.717) is 24.6 Å². The number of amides is 1. The summed E-state index contributed by atoms with van der Waals surface area (Å²) in [6, 6.07) is 15.0. The van der Waals surface area contributed by atoms with Gasteiger partial charge in [-0.15, -0.1) is 0 Å². The maximum absolute atomic E-state index is 12.4. The van der Waals surface area contributed by atoms with E-state index in [4.69, 9.17) is 14.2 Å². The van der Waals surface area contributed by atoms with Gasteiger partial charge in [0.25, 0.3) is 5.91 Å². The van der Waals surface area contributed by atoms with Crippen LogP contribution in [0.3, 0.4) is 0 Å².